The van der Waals surface area contributed by atoms with E-state index >= 15 is 0 Å². The Kier molecular flexibility index (Phi) is 4.43. The van der Waals surface area contributed by atoms with Crippen LogP contribution in [0.4, 0.5) is 4.39 Å². The van der Waals surface area contributed by atoms with Gasteiger partial charge < -0.3 is 9.30 Å². The third-order valence-corrected chi connectivity index (χ3v) is 3.14. The highest BCUT2D eigenvalue weighted by atomic mass is 35.5. The molecule has 0 saturated heterocycles. The molecule has 19 heavy (non-hydrogen) atoms. The third-order valence-electron chi connectivity index (χ3n) is 2.85. The van der Waals surface area contributed by atoms with Gasteiger partial charge in [-0.1, -0.05) is 18.5 Å². The van der Waals surface area contributed by atoms with E-state index in [0.29, 0.717) is 23.3 Å². The van der Waals surface area contributed by atoms with E-state index in [1.165, 1.54) is 12.1 Å². The van der Waals surface area contributed by atoms with E-state index in [1.54, 1.807) is 12.3 Å². The number of aryl methyl sites for hydroxylation is 1. The zero-order valence-corrected chi connectivity index (χ0v) is 11.7. The molecule has 0 bridgehead atoms. The van der Waals surface area contributed by atoms with E-state index in [2.05, 4.69) is 16.5 Å². The summed E-state index contributed by atoms with van der Waals surface area (Å²) in [6, 6.07) is 4.14. The minimum absolute atomic E-state index is 0.297. The second-order valence-electron chi connectivity index (χ2n) is 4.62. The molecule has 0 spiro atoms. The largest absolute Gasteiger partial charge is 0.492 e. The van der Waals surface area contributed by atoms with Crippen molar-refractivity contribution in [2.24, 2.45) is 5.92 Å². The smallest absolute Gasteiger partial charge is 0.138 e. The number of hydrogen-bond acceptors (Lipinski definition) is 2. The van der Waals surface area contributed by atoms with Gasteiger partial charge in [0, 0.05) is 24.9 Å². The molecule has 1 aromatic heterocycles. The Hall–Kier alpha value is -1.55. The molecule has 1 atom stereocenters. The predicted molar refractivity (Wildman–Crippen MR) is 73.0 cm³/mol. The van der Waals surface area contributed by atoms with Gasteiger partial charge in [0.05, 0.1) is 11.6 Å². The molecule has 0 unspecified atom stereocenters. The van der Waals surface area contributed by atoms with Gasteiger partial charge >= 0.3 is 0 Å². The zero-order valence-electron chi connectivity index (χ0n) is 10.9. The fourth-order valence-corrected chi connectivity index (χ4v) is 2.03. The van der Waals surface area contributed by atoms with Crippen LogP contribution < -0.4 is 4.74 Å². The molecule has 0 aliphatic carbocycles. The van der Waals surface area contributed by atoms with Gasteiger partial charge in [-0.25, -0.2) is 9.37 Å². The lowest BCUT2D eigenvalue weighted by molar-refractivity contribution is 0.243. The van der Waals surface area contributed by atoms with Crippen LogP contribution in [0.1, 0.15) is 12.7 Å². The summed E-state index contributed by atoms with van der Waals surface area (Å²) in [5.41, 5.74) is 0. The van der Waals surface area contributed by atoms with Crippen LogP contribution in [0.2, 0.25) is 5.02 Å². The first-order chi connectivity index (χ1) is 9.06. The molecule has 0 fully saturated rings. The van der Waals surface area contributed by atoms with Crippen LogP contribution >= 0.6 is 11.6 Å². The molecule has 0 amide bonds. The molecule has 102 valence electrons. The fraction of sp³-hybridized carbons (Fsp3) is 0.357. The summed E-state index contributed by atoms with van der Waals surface area (Å²) in [6.45, 7) is 5.38. The number of halogens is 2. The van der Waals surface area contributed by atoms with E-state index in [1.807, 2.05) is 13.1 Å². The van der Waals surface area contributed by atoms with Crippen LogP contribution in [0.3, 0.4) is 0 Å². The van der Waals surface area contributed by atoms with Gasteiger partial charge in [-0.15, -0.1) is 0 Å². The maximum Gasteiger partial charge on any atom is 0.138 e. The molecule has 0 aliphatic heterocycles. The highest BCUT2D eigenvalue weighted by Gasteiger charge is 2.08. The zero-order chi connectivity index (χ0) is 13.8. The maximum atomic E-state index is 12.9. The lowest BCUT2D eigenvalue weighted by atomic mass is 10.2. The van der Waals surface area contributed by atoms with Crippen LogP contribution in [0.15, 0.2) is 30.6 Å². The number of rotatable bonds is 5. The van der Waals surface area contributed by atoms with Crippen LogP contribution in [-0.2, 0) is 6.54 Å². The van der Waals surface area contributed by atoms with Gasteiger partial charge in [-0.3, -0.25) is 0 Å². The Labute approximate surface area is 117 Å². The van der Waals surface area contributed by atoms with E-state index in [-0.39, 0.29) is 5.82 Å². The topological polar surface area (TPSA) is 27.1 Å². The molecule has 0 N–H and O–H groups in total. The van der Waals surface area contributed by atoms with E-state index in [9.17, 15) is 4.39 Å². The van der Waals surface area contributed by atoms with E-state index in [4.69, 9.17) is 16.3 Å². The highest BCUT2D eigenvalue weighted by Crippen LogP contribution is 2.25. The SMILES string of the molecule is Cc1nccn1C[C@H](C)COc1ccc(F)cc1Cl. The molecular formula is C14H16ClFN2O. The summed E-state index contributed by atoms with van der Waals surface area (Å²) in [7, 11) is 0. The summed E-state index contributed by atoms with van der Waals surface area (Å²) in [5.74, 6) is 1.43. The average Bonchev–Trinajstić information content (AvgIpc) is 2.74. The summed E-state index contributed by atoms with van der Waals surface area (Å²) >= 11 is 5.90. The number of imidazole rings is 1. The van der Waals surface area contributed by atoms with Crippen molar-refractivity contribution in [2.75, 3.05) is 6.61 Å². The van der Waals surface area contributed by atoms with Crippen molar-refractivity contribution in [1.29, 1.82) is 0 Å². The highest BCUT2D eigenvalue weighted by molar-refractivity contribution is 6.32. The van der Waals surface area contributed by atoms with Crippen LogP contribution in [0, 0.1) is 18.7 Å². The van der Waals surface area contributed by atoms with Gasteiger partial charge in [0.1, 0.15) is 17.4 Å². The molecule has 2 aromatic rings. The molecular weight excluding hydrogens is 267 g/mol. The van der Waals surface area contributed by atoms with Crippen LogP contribution in [-0.4, -0.2) is 16.2 Å². The van der Waals surface area contributed by atoms with Crippen molar-refractivity contribution in [1.82, 2.24) is 9.55 Å². The predicted octanol–water partition coefficient (Wildman–Crippen LogP) is 3.70. The number of aromatic nitrogens is 2. The first-order valence-corrected chi connectivity index (χ1v) is 6.49. The Balaban J connectivity index is 1.90. The summed E-state index contributed by atoms with van der Waals surface area (Å²) in [4.78, 5) is 4.17. The number of benzene rings is 1. The number of ether oxygens (including phenoxy) is 1. The normalized spacial score (nSPS) is 12.4. The maximum absolute atomic E-state index is 12.9. The van der Waals surface area contributed by atoms with Gasteiger partial charge in [0.25, 0.3) is 0 Å². The molecule has 1 heterocycles. The Morgan fingerprint density at radius 2 is 2.26 bits per heavy atom. The summed E-state index contributed by atoms with van der Waals surface area (Å²) < 4.78 is 20.6. The Bertz CT molecular complexity index is 556. The van der Waals surface area contributed by atoms with Crippen LogP contribution in [0.25, 0.3) is 0 Å². The van der Waals surface area contributed by atoms with Crippen molar-refractivity contribution >= 4 is 11.6 Å². The van der Waals surface area contributed by atoms with E-state index < -0.39 is 0 Å². The van der Waals surface area contributed by atoms with Gasteiger partial charge in [0.15, 0.2) is 0 Å². The van der Waals surface area contributed by atoms with Crippen molar-refractivity contribution in [3.8, 4) is 5.75 Å². The second-order valence-corrected chi connectivity index (χ2v) is 5.02. The molecule has 0 saturated carbocycles. The molecule has 2 rings (SSSR count). The lowest BCUT2D eigenvalue weighted by Crippen LogP contribution is -2.16. The monoisotopic (exact) mass is 282 g/mol. The van der Waals surface area contributed by atoms with Gasteiger partial charge in [0.2, 0.25) is 0 Å². The molecule has 3 nitrogen and oxygen atoms in total. The summed E-state index contributed by atoms with van der Waals surface area (Å²) in [5, 5.41) is 0.297. The van der Waals surface area contributed by atoms with Crippen LogP contribution in [0.5, 0.6) is 5.75 Å². The Morgan fingerprint density at radius 1 is 1.47 bits per heavy atom. The van der Waals surface area contributed by atoms with Gasteiger partial charge in [-0.2, -0.15) is 0 Å². The number of hydrogen-bond donors (Lipinski definition) is 0. The molecule has 1 aromatic carbocycles. The minimum atomic E-state index is -0.362. The molecule has 0 aliphatic rings. The second kappa shape index (κ2) is 6.06. The van der Waals surface area contributed by atoms with Crippen molar-refractivity contribution in [3.63, 3.8) is 0 Å². The fourth-order valence-electron chi connectivity index (χ4n) is 1.81. The average molecular weight is 283 g/mol. The summed E-state index contributed by atoms with van der Waals surface area (Å²) in [6.07, 6.45) is 3.72. The van der Waals surface area contributed by atoms with Gasteiger partial charge in [-0.05, 0) is 25.1 Å². The molecule has 0 radical (unpaired) electrons. The first-order valence-electron chi connectivity index (χ1n) is 6.12. The minimum Gasteiger partial charge on any atom is -0.492 e. The third kappa shape index (κ3) is 3.70. The standard InChI is InChI=1S/C14H16ClFN2O/c1-10(8-18-6-5-17-11(18)2)9-19-14-4-3-12(16)7-13(14)15/h3-7,10H,8-9H2,1-2H3/t10-/m0/s1. The lowest BCUT2D eigenvalue weighted by Gasteiger charge is -2.15. The number of nitrogens with zero attached hydrogens (tertiary/aromatic N) is 2. The van der Waals surface area contributed by atoms with E-state index in [0.717, 1.165) is 12.4 Å². The van der Waals surface area contributed by atoms with Crippen molar-refractivity contribution < 1.29 is 9.13 Å². The molecule has 5 heteroatoms. The van der Waals surface area contributed by atoms with Crippen molar-refractivity contribution in [2.45, 2.75) is 20.4 Å². The quantitative estimate of drug-likeness (QED) is 0.836. The Morgan fingerprint density at radius 3 is 2.89 bits per heavy atom. The first kappa shape index (κ1) is 13.9. The van der Waals surface area contributed by atoms with Crippen molar-refractivity contribution in [3.05, 3.63) is 47.3 Å².